The van der Waals surface area contributed by atoms with E-state index in [0.717, 1.165) is 31.3 Å². The molecule has 0 bridgehead atoms. The molecule has 0 radical (unpaired) electrons. The van der Waals surface area contributed by atoms with Gasteiger partial charge < -0.3 is 5.32 Å². The van der Waals surface area contributed by atoms with E-state index in [1.807, 2.05) is 6.92 Å². The van der Waals surface area contributed by atoms with Gasteiger partial charge in [-0.05, 0) is 57.0 Å². The minimum Gasteiger partial charge on any atom is -0.350 e. The molecule has 1 aliphatic heterocycles. The van der Waals surface area contributed by atoms with E-state index in [2.05, 4.69) is 21.9 Å². The number of hydrogen-bond acceptors (Lipinski definition) is 4. The van der Waals surface area contributed by atoms with E-state index >= 15 is 0 Å². The van der Waals surface area contributed by atoms with Gasteiger partial charge in [0.15, 0.2) is 0 Å². The number of benzene rings is 1. The molecule has 1 saturated heterocycles. The lowest BCUT2D eigenvalue weighted by molar-refractivity contribution is 0.0912. The first kappa shape index (κ1) is 20.7. The van der Waals surface area contributed by atoms with Gasteiger partial charge in [0, 0.05) is 18.2 Å². The van der Waals surface area contributed by atoms with Crippen molar-refractivity contribution in [1.29, 1.82) is 0 Å². The van der Waals surface area contributed by atoms with Gasteiger partial charge in [-0.25, -0.2) is 8.42 Å². The molecule has 1 fully saturated rings. The molecule has 146 valence electrons. The number of carbonyl (C=O) groups excluding carboxylic acids is 1. The highest BCUT2D eigenvalue weighted by Gasteiger charge is 2.22. The van der Waals surface area contributed by atoms with E-state index in [1.54, 1.807) is 18.2 Å². The molecule has 0 aromatic heterocycles. The van der Waals surface area contributed by atoms with Crippen molar-refractivity contribution in [1.82, 2.24) is 10.2 Å². The van der Waals surface area contributed by atoms with Gasteiger partial charge in [-0.1, -0.05) is 25.8 Å². The molecule has 1 amide bonds. The topological polar surface area (TPSA) is 78.5 Å². The van der Waals surface area contributed by atoms with Gasteiger partial charge >= 0.3 is 0 Å². The number of nitrogens with zero attached hydrogens (tertiary/aromatic N) is 1. The summed E-state index contributed by atoms with van der Waals surface area (Å²) >= 11 is 0. The van der Waals surface area contributed by atoms with Crippen LogP contribution in [0.25, 0.3) is 0 Å². The highest BCUT2D eigenvalue weighted by atomic mass is 32.2. The number of likely N-dealkylation sites (tertiary alicyclic amines) is 1. The van der Waals surface area contributed by atoms with Crippen LogP contribution in [0, 0.1) is 6.92 Å². The summed E-state index contributed by atoms with van der Waals surface area (Å²) in [5.74, 6) is -0.164. The second kappa shape index (κ2) is 9.37. The number of sulfonamides is 1. The molecule has 2 rings (SSSR count). The summed E-state index contributed by atoms with van der Waals surface area (Å²) in [6, 6.07) is 5.48. The van der Waals surface area contributed by atoms with Crippen LogP contribution in [-0.4, -0.2) is 51.2 Å². The largest absolute Gasteiger partial charge is 0.350 e. The maximum absolute atomic E-state index is 12.5. The first-order chi connectivity index (χ1) is 12.3. The lowest BCUT2D eigenvalue weighted by atomic mass is 10.0. The molecular formula is C19H31N3O3S. The van der Waals surface area contributed by atoms with Crippen molar-refractivity contribution in [3.8, 4) is 0 Å². The van der Waals surface area contributed by atoms with Crippen molar-refractivity contribution < 1.29 is 13.2 Å². The van der Waals surface area contributed by atoms with Crippen molar-refractivity contribution in [3.63, 3.8) is 0 Å². The SMILES string of the molecule is CCCCN1CCCCC1CNC(=O)c1ccc(C)c(NS(C)(=O)=O)c1. The molecule has 0 saturated carbocycles. The summed E-state index contributed by atoms with van der Waals surface area (Å²) in [5.41, 5.74) is 1.70. The molecular weight excluding hydrogens is 350 g/mol. The van der Waals surface area contributed by atoms with E-state index in [-0.39, 0.29) is 5.91 Å². The van der Waals surface area contributed by atoms with Crippen molar-refractivity contribution >= 4 is 21.6 Å². The zero-order valence-corrected chi connectivity index (χ0v) is 16.9. The molecule has 1 heterocycles. The van der Waals surface area contributed by atoms with E-state index in [4.69, 9.17) is 0 Å². The first-order valence-electron chi connectivity index (χ1n) is 9.41. The van der Waals surface area contributed by atoms with Crippen molar-refractivity contribution in [2.45, 2.75) is 52.0 Å². The Morgan fingerprint density at radius 1 is 1.31 bits per heavy atom. The summed E-state index contributed by atoms with van der Waals surface area (Å²) < 4.78 is 25.4. The fraction of sp³-hybridized carbons (Fsp3) is 0.632. The third kappa shape index (κ3) is 6.29. The molecule has 1 aliphatic rings. The Labute approximate surface area is 157 Å². The standard InChI is InChI=1S/C19H31N3O3S/c1-4-5-11-22-12-7-6-8-17(22)14-20-19(23)16-10-9-15(2)18(13-16)21-26(3,24)25/h9-10,13,17,21H,4-8,11-12,14H2,1-3H3,(H,20,23). The Morgan fingerprint density at radius 3 is 2.77 bits per heavy atom. The third-order valence-corrected chi connectivity index (χ3v) is 5.43. The smallest absolute Gasteiger partial charge is 0.251 e. The van der Waals surface area contributed by atoms with Gasteiger partial charge in [-0.15, -0.1) is 0 Å². The van der Waals surface area contributed by atoms with Gasteiger partial charge in [0.25, 0.3) is 5.91 Å². The van der Waals surface area contributed by atoms with Gasteiger partial charge in [-0.3, -0.25) is 14.4 Å². The predicted molar refractivity (Wildman–Crippen MR) is 106 cm³/mol. The van der Waals surface area contributed by atoms with E-state index in [0.29, 0.717) is 23.8 Å². The number of piperidine rings is 1. The molecule has 1 unspecified atom stereocenters. The zero-order valence-electron chi connectivity index (χ0n) is 16.0. The molecule has 1 aromatic rings. The Bertz CT molecular complexity index is 719. The molecule has 26 heavy (non-hydrogen) atoms. The maximum Gasteiger partial charge on any atom is 0.251 e. The van der Waals surface area contributed by atoms with Crippen LogP contribution in [-0.2, 0) is 10.0 Å². The lowest BCUT2D eigenvalue weighted by Crippen LogP contribution is -2.47. The van der Waals surface area contributed by atoms with Crippen LogP contribution in [0.1, 0.15) is 54.9 Å². The fourth-order valence-electron chi connectivity index (χ4n) is 3.33. The summed E-state index contributed by atoms with van der Waals surface area (Å²) in [5, 5.41) is 3.03. The van der Waals surface area contributed by atoms with Crippen molar-refractivity contribution in [2.24, 2.45) is 0 Å². The van der Waals surface area contributed by atoms with Gasteiger partial charge in [0.1, 0.15) is 0 Å². The molecule has 1 atom stereocenters. The van der Waals surface area contributed by atoms with E-state index in [1.165, 1.54) is 25.7 Å². The Hall–Kier alpha value is -1.60. The molecule has 2 N–H and O–H groups in total. The minimum atomic E-state index is -3.38. The third-order valence-electron chi connectivity index (χ3n) is 4.84. The van der Waals surface area contributed by atoms with E-state index in [9.17, 15) is 13.2 Å². The number of nitrogens with one attached hydrogen (secondary N) is 2. The van der Waals surface area contributed by atoms with Gasteiger partial charge in [-0.2, -0.15) is 0 Å². The normalized spacial score (nSPS) is 18.5. The van der Waals surface area contributed by atoms with E-state index < -0.39 is 10.0 Å². The first-order valence-corrected chi connectivity index (χ1v) is 11.3. The summed E-state index contributed by atoms with van der Waals surface area (Å²) in [7, 11) is -3.38. The Kier molecular flexibility index (Phi) is 7.46. The van der Waals surface area contributed by atoms with Gasteiger partial charge in [0.2, 0.25) is 10.0 Å². The second-order valence-corrected chi connectivity index (χ2v) is 8.90. The van der Waals surface area contributed by atoms with Crippen molar-refractivity contribution in [3.05, 3.63) is 29.3 Å². The lowest BCUT2D eigenvalue weighted by Gasteiger charge is -2.35. The Morgan fingerprint density at radius 2 is 2.08 bits per heavy atom. The van der Waals surface area contributed by atoms with Crippen LogP contribution in [0.2, 0.25) is 0 Å². The number of carbonyl (C=O) groups is 1. The number of unbranched alkanes of at least 4 members (excludes halogenated alkanes) is 1. The predicted octanol–water partition coefficient (Wildman–Crippen LogP) is 2.75. The quantitative estimate of drug-likeness (QED) is 0.726. The van der Waals surface area contributed by atoms with Crippen molar-refractivity contribution in [2.75, 3.05) is 30.6 Å². The molecule has 6 nitrogen and oxygen atoms in total. The Balaban J connectivity index is 1.99. The zero-order chi connectivity index (χ0) is 19.2. The molecule has 7 heteroatoms. The van der Waals surface area contributed by atoms with Crippen LogP contribution in [0.3, 0.4) is 0 Å². The average molecular weight is 382 g/mol. The highest BCUT2D eigenvalue weighted by molar-refractivity contribution is 7.92. The maximum atomic E-state index is 12.5. The highest BCUT2D eigenvalue weighted by Crippen LogP contribution is 2.19. The molecule has 0 spiro atoms. The van der Waals surface area contributed by atoms with Gasteiger partial charge in [0.05, 0.1) is 11.9 Å². The summed E-state index contributed by atoms with van der Waals surface area (Å²) in [4.78, 5) is 15.0. The number of aryl methyl sites for hydroxylation is 1. The average Bonchev–Trinajstić information content (AvgIpc) is 2.59. The molecule has 0 aliphatic carbocycles. The molecule has 1 aromatic carbocycles. The number of amides is 1. The summed E-state index contributed by atoms with van der Waals surface area (Å²) in [6.07, 6.45) is 7.01. The fourth-order valence-corrected chi connectivity index (χ4v) is 3.95. The summed E-state index contributed by atoms with van der Waals surface area (Å²) in [6.45, 7) is 6.83. The minimum absolute atomic E-state index is 0.164. The second-order valence-electron chi connectivity index (χ2n) is 7.15. The monoisotopic (exact) mass is 381 g/mol. The van der Waals surface area contributed by atoms with Crippen LogP contribution < -0.4 is 10.0 Å². The van der Waals surface area contributed by atoms with Crippen LogP contribution in [0.4, 0.5) is 5.69 Å². The number of hydrogen-bond donors (Lipinski definition) is 2. The van der Waals surface area contributed by atoms with Crippen LogP contribution >= 0.6 is 0 Å². The van der Waals surface area contributed by atoms with Crippen LogP contribution in [0.5, 0.6) is 0 Å². The number of rotatable bonds is 8. The van der Waals surface area contributed by atoms with Crippen LogP contribution in [0.15, 0.2) is 18.2 Å². The number of anilines is 1.